The molecule has 0 aromatic rings. The number of hydrogen-bond donors (Lipinski definition) is 1. The number of thioether (sulfide) groups is 1. The molecule has 1 heterocycles. The van der Waals surface area contributed by atoms with Crippen molar-refractivity contribution in [2.24, 2.45) is 0 Å². The molecule has 3 rings (SSSR count). The number of allylic oxidation sites excluding steroid dienone is 3. The zero-order valence-corrected chi connectivity index (χ0v) is 10.9. The number of hydrogen-bond acceptors (Lipinski definition) is 2. The highest BCUT2D eigenvalue weighted by Crippen LogP contribution is 2.40. The second kappa shape index (κ2) is 4.64. The summed E-state index contributed by atoms with van der Waals surface area (Å²) < 4.78 is 0. The van der Waals surface area contributed by atoms with E-state index in [0.29, 0.717) is 6.04 Å². The lowest BCUT2D eigenvalue weighted by Crippen LogP contribution is -2.32. The van der Waals surface area contributed by atoms with E-state index >= 15 is 0 Å². The third kappa shape index (κ3) is 2.15. The summed E-state index contributed by atoms with van der Waals surface area (Å²) in [6, 6.07) is 0.397. The fraction of sp³-hybridized carbons (Fsp3) is 0.400. The van der Waals surface area contributed by atoms with E-state index in [0.717, 1.165) is 25.7 Å². The molecule has 3 aliphatic rings. The van der Waals surface area contributed by atoms with Gasteiger partial charge in [0.1, 0.15) is 0 Å². The van der Waals surface area contributed by atoms with Crippen LogP contribution in [0.25, 0.3) is 0 Å². The van der Waals surface area contributed by atoms with E-state index in [9.17, 15) is 0 Å². The molecule has 1 aliphatic heterocycles. The maximum absolute atomic E-state index is 3.61. The molecule has 17 heavy (non-hydrogen) atoms. The summed E-state index contributed by atoms with van der Waals surface area (Å²) >= 11 is 1.90. The standard InChI is InChI=1S/C15H17NS/c1-2-11-6-5-8-13-15(10-11)17-14-9-4-3-7-12(14)16-13/h3,7-9,12,16H,2,4-6H2,1H3. The van der Waals surface area contributed by atoms with E-state index in [1.807, 2.05) is 11.8 Å². The molecule has 0 spiro atoms. The first-order chi connectivity index (χ1) is 8.36. The zero-order chi connectivity index (χ0) is 11.7. The molecule has 2 heteroatoms. The largest absolute Gasteiger partial charge is 0.373 e. The normalized spacial score (nSPS) is 26.5. The van der Waals surface area contributed by atoms with Crippen molar-refractivity contribution >= 4 is 11.8 Å². The minimum Gasteiger partial charge on any atom is -0.373 e. The second-order valence-corrected chi connectivity index (χ2v) is 5.65. The van der Waals surface area contributed by atoms with Crippen LogP contribution in [0.15, 0.2) is 51.1 Å². The third-order valence-electron chi connectivity index (χ3n) is 3.38. The summed E-state index contributed by atoms with van der Waals surface area (Å²) in [7, 11) is 0. The van der Waals surface area contributed by atoms with Crippen LogP contribution in [0.1, 0.15) is 32.6 Å². The van der Waals surface area contributed by atoms with Crippen LogP contribution in [0.2, 0.25) is 0 Å². The quantitative estimate of drug-likeness (QED) is 0.551. The van der Waals surface area contributed by atoms with Crippen LogP contribution < -0.4 is 5.32 Å². The SMILES string of the molecule is CCC1=C=C2SC3=CCC=CC3NC2=CCC1. The number of nitrogens with one attached hydrogen (secondary N) is 1. The van der Waals surface area contributed by atoms with Gasteiger partial charge in [0.15, 0.2) is 0 Å². The Morgan fingerprint density at radius 2 is 2.41 bits per heavy atom. The molecule has 0 bridgehead atoms. The molecule has 0 radical (unpaired) electrons. The predicted molar refractivity (Wildman–Crippen MR) is 74.5 cm³/mol. The van der Waals surface area contributed by atoms with Gasteiger partial charge in [-0.2, -0.15) is 0 Å². The van der Waals surface area contributed by atoms with Gasteiger partial charge in [-0.1, -0.05) is 43.0 Å². The molecule has 0 aromatic heterocycles. The van der Waals surface area contributed by atoms with Crippen LogP contribution in [0.5, 0.6) is 0 Å². The Kier molecular flexibility index (Phi) is 3.00. The smallest absolute Gasteiger partial charge is 0.0767 e. The van der Waals surface area contributed by atoms with Gasteiger partial charge < -0.3 is 5.32 Å². The minimum absolute atomic E-state index is 0.397. The molecule has 1 saturated heterocycles. The Hall–Kier alpha value is -1.11. The number of rotatable bonds is 1. The topological polar surface area (TPSA) is 12.0 Å². The monoisotopic (exact) mass is 243 g/mol. The average Bonchev–Trinajstić information content (AvgIpc) is 2.57. The van der Waals surface area contributed by atoms with E-state index in [1.54, 1.807) is 0 Å². The molecular weight excluding hydrogens is 226 g/mol. The van der Waals surface area contributed by atoms with E-state index in [2.05, 4.69) is 42.3 Å². The van der Waals surface area contributed by atoms with Crippen LogP contribution in [0.4, 0.5) is 0 Å². The van der Waals surface area contributed by atoms with Gasteiger partial charge in [0.2, 0.25) is 0 Å². The van der Waals surface area contributed by atoms with Gasteiger partial charge in [-0.25, -0.2) is 0 Å². The summed E-state index contributed by atoms with van der Waals surface area (Å²) in [5, 5.41) is 3.61. The maximum atomic E-state index is 3.61. The van der Waals surface area contributed by atoms with E-state index in [4.69, 9.17) is 0 Å². The average molecular weight is 243 g/mol. The molecule has 1 atom stereocenters. The van der Waals surface area contributed by atoms with E-state index < -0.39 is 0 Å². The van der Waals surface area contributed by atoms with Crippen LogP contribution in [0, 0.1) is 0 Å². The third-order valence-corrected chi connectivity index (χ3v) is 4.56. The van der Waals surface area contributed by atoms with Gasteiger partial charge in [0.25, 0.3) is 0 Å². The highest BCUT2D eigenvalue weighted by molar-refractivity contribution is 8.07. The highest BCUT2D eigenvalue weighted by Gasteiger charge is 2.25. The van der Waals surface area contributed by atoms with Gasteiger partial charge in [-0.05, 0) is 31.3 Å². The Balaban J connectivity index is 1.99. The van der Waals surface area contributed by atoms with Crippen molar-refractivity contribution in [1.82, 2.24) is 5.32 Å². The molecule has 0 saturated carbocycles. The van der Waals surface area contributed by atoms with Crippen LogP contribution in [-0.4, -0.2) is 6.04 Å². The molecule has 1 nitrogen and oxygen atoms in total. The summed E-state index contributed by atoms with van der Waals surface area (Å²) in [6.45, 7) is 2.22. The first-order valence-corrected chi connectivity index (χ1v) is 7.19. The Morgan fingerprint density at radius 1 is 1.47 bits per heavy atom. The molecule has 0 aromatic carbocycles. The fourth-order valence-electron chi connectivity index (χ4n) is 2.37. The summed E-state index contributed by atoms with van der Waals surface area (Å²) in [6.07, 6.45) is 13.6. The van der Waals surface area contributed by atoms with E-state index in [1.165, 1.54) is 21.1 Å². The van der Waals surface area contributed by atoms with Crippen molar-refractivity contribution in [3.05, 3.63) is 51.1 Å². The highest BCUT2D eigenvalue weighted by atomic mass is 32.2. The lowest BCUT2D eigenvalue weighted by atomic mass is 10.1. The lowest BCUT2D eigenvalue weighted by molar-refractivity contribution is 0.767. The van der Waals surface area contributed by atoms with Gasteiger partial charge in [0.05, 0.1) is 16.6 Å². The van der Waals surface area contributed by atoms with Crippen molar-refractivity contribution in [2.45, 2.75) is 38.6 Å². The fourth-order valence-corrected chi connectivity index (χ4v) is 3.50. The number of fused-ring (bicyclic) bond motifs is 2. The molecule has 1 N–H and O–H groups in total. The first-order valence-electron chi connectivity index (χ1n) is 6.37. The molecular formula is C15H17NS. The molecule has 0 amide bonds. The molecule has 88 valence electrons. The predicted octanol–water partition coefficient (Wildman–Crippen LogP) is 4.03. The van der Waals surface area contributed by atoms with Crippen LogP contribution in [0.3, 0.4) is 0 Å². The Morgan fingerprint density at radius 3 is 3.29 bits per heavy atom. The Labute approximate surface area is 107 Å². The maximum Gasteiger partial charge on any atom is 0.0767 e. The van der Waals surface area contributed by atoms with Crippen LogP contribution in [-0.2, 0) is 0 Å². The summed E-state index contributed by atoms with van der Waals surface area (Å²) in [5.74, 6) is 0. The van der Waals surface area contributed by atoms with Gasteiger partial charge in [-0.3, -0.25) is 0 Å². The minimum atomic E-state index is 0.397. The lowest BCUT2D eigenvalue weighted by Gasteiger charge is -2.29. The van der Waals surface area contributed by atoms with E-state index in [-0.39, 0.29) is 0 Å². The summed E-state index contributed by atoms with van der Waals surface area (Å²) in [4.78, 5) is 2.72. The van der Waals surface area contributed by atoms with Crippen molar-refractivity contribution in [2.75, 3.05) is 0 Å². The second-order valence-electron chi connectivity index (χ2n) is 4.56. The van der Waals surface area contributed by atoms with Crippen molar-refractivity contribution < 1.29 is 0 Å². The zero-order valence-electron chi connectivity index (χ0n) is 10.1. The van der Waals surface area contributed by atoms with Crippen LogP contribution >= 0.6 is 11.8 Å². The summed E-state index contributed by atoms with van der Waals surface area (Å²) in [5.41, 5.74) is 6.34. The van der Waals surface area contributed by atoms with Crippen molar-refractivity contribution in [3.63, 3.8) is 0 Å². The molecule has 2 aliphatic carbocycles. The molecule has 1 fully saturated rings. The Bertz CT molecular complexity index is 487. The molecule has 1 unspecified atom stereocenters. The first kappa shape index (κ1) is 11.0. The van der Waals surface area contributed by atoms with Crippen molar-refractivity contribution in [1.29, 1.82) is 0 Å². The van der Waals surface area contributed by atoms with Gasteiger partial charge in [0, 0.05) is 4.91 Å². The van der Waals surface area contributed by atoms with Gasteiger partial charge >= 0.3 is 0 Å². The van der Waals surface area contributed by atoms with Gasteiger partial charge in [-0.15, -0.1) is 5.73 Å². The van der Waals surface area contributed by atoms with Crippen molar-refractivity contribution in [3.8, 4) is 0 Å².